The number of aryl methyl sites for hydroxylation is 1. The Morgan fingerprint density at radius 1 is 0.786 bits per heavy atom. The van der Waals surface area contributed by atoms with Crippen LogP contribution in [0.3, 0.4) is 0 Å². The van der Waals surface area contributed by atoms with Crippen molar-refractivity contribution in [3.05, 3.63) is 136 Å². The number of nitrogens with one attached hydrogen (secondary N) is 2. The lowest BCUT2D eigenvalue weighted by atomic mass is 10.0. The van der Waals surface area contributed by atoms with Crippen molar-refractivity contribution in [2.75, 3.05) is 6.54 Å². The average molecular weight is 604 g/mol. The Balaban J connectivity index is 1.59. The maximum atomic E-state index is 13.9. The fourth-order valence-corrected chi connectivity index (χ4v) is 5.77. The molecule has 0 aromatic heterocycles. The summed E-state index contributed by atoms with van der Waals surface area (Å²) in [4.78, 5) is 29.5. The summed E-state index contributed by atoms with van der Waals surface area (Å²) in [6, 6.07) is 31.7. The van der Waals surface area contributed by atoms with Gasteiger partial charge in [0.25, 0.3) is 0 Å². The van der Waals surface area contributed by atoms with Crippen LogP contribution in [0.25, 0.3) is 0 Å². The summed E-state index contributed by atoms with van der Waals surface area (Å²) in [7, 11) is -3.57. The number of nitrogens with zero attached hydrogens (tertiary/aromatic N) is 1. The number of hydrogen-bond donors (Lipinski definition) is 2. The molecule has 0 saturated carbocycles. The molecule has 0 aliphatic heterocycles. The smallest absolute Gasteiger partial charge is 0.247 e. The van der Waals surface area contributed by atoms with Crippen LogP contribution < -0.4 is 10.0 Å². The second-order valence-corrected chi connectivity index (χ2v) is 12.0. The van der Waals surface area contributed by atoms with Crippen LogP contribution in [0.15, 0.2) is 114 Å². The Morgan fingerprint density at radius 2 is 1.38 bits per heavy atom. The maximum Gasteiger partial charge on any atom is 0.247 e. The monoisotopic (exact) mass is 603 g/mol. The Labute approximate surface area is 252 Å². The molecule has 0 aliphatic rings. The van der Waals surface area contributed by atoms with E-state index >= 15 is 0 Å². The quantitative estimate of drug-likeness (QED) is 0.206. The lowest BCUT2D eigenvalue weighted by molar-refractivity contribution is -0.141. The molecule has 2 amide bonds. The van der Waals surface area contributed by atoms with Gasteiger partial charge in [-0.15, -0.1) is 0 Å². The molecule has 0 spiro atoms. The molecule has 2 N–H and O–H groups in total. The minimum absolute atomic E-state index is 0.127. The first-order valence-corrected chi connectivity index (χ1v) is 15.6. The van der Waals surface area contributed by atoms with Crippen LogP contribution in [0.5, 0.6) is 0 Å². The van der Waals surface area contributed by atoms with Crippen LogP contribution in [0.4, 0.5) is 0 Å². The van der Waals surface area contributed by atoms with Crippen LogP contribution >= 0.6 is 11.6 Å². The predicted molar refractivity (Wildman–Crippen MR) is 165 cm³/mol. The molecule has 4 aromatic rings. The normalized spacial score (nSPS) is 12.0. The Bertz CT molecular complexity index is 1560. The minimum atomic E-state index is -3.57. The minimum Gasteiger partial charge on any atom is -0.350 e. The van der Waals surface area contributed by atoms with Gasteiger partial charge in [0, 0.05) is 31.1 Å². The summed E-state index contributed by atoms with van der Waals surface area (Å²) >= 11 is 6.11. The molecule has 0 heterocycles. The van der Waals surface area contributed by atoms with Crippen LogP contribution in [-0.2, 0) is 39.1 Å². The number of carbonyl (C=O) groups excluding carboxylic acids is 2. The maximum absolute atomic E-state index is 13.9. The molecule has 9 heteroatoms. The van der Waals surface area contributed by atoms with E-state index in [4.69, 9.17) is 11.6 Å². The van der Waals surface area contributed by atoms with E-state index in [2.05, 4.69) is 10.0 Å². The summed E-state index contributed by atoms with van der Waals surface area (Å²) in [5, 5.41) is 3.60. The third-order valence-corrected chi connectivity index (χ3v) is 8.58. The topological polar surface area (TPSA) is 95.6 Å². The molecule has 0 fully saturated rings. The fraction of sp³-hybridized carbons (Fsp3) is 0.212. The van der Waals surface area contributed by atoms with Gasteiger partial charge >= 0.3 is 0 Å². The highest BCUT2D eigenvalue weighted by atomic mass is 35.5. The van der Waals surface area contributed by atoms with Gasteiger partial charge in [-0.1, -0.05) is 103 Å². The van der Waals surface area contributed by atoms with Crippen molar-refractivity contribution < 1.29 is 18.0 Å². The molecule has 218 valence electrons. The number of benzene rings is 4. The number of amides is 2. The van der Waals surface area contributed by atoms with E-state index in [1.807, 2.05) is 72.8 Å². The molecule has 0 bridgehead atoms. The van der Waals surface area contributed by atoms with E-state index in [-0.39, 0.29) is 29.7 Å². The van der Waals surface area contributed by atoms with E-state index in [9.17, 15) is 18.0 Å². The Morgan fingerprint density at radius 3 is 2.00 bits per heavy atom. The highest BCUT2D eigenvalue weighted by Gasteiger charge is 2.31. The van der Waals surface area contributed by atoms with Gasteiger partial charge in [-0.25, -0.2) is 13.1 Å². The molecule has 0 saturated heterocycles. The lowest BCUT2D eigenvalue weighted by Gasteiger charge is -2.32. The zero-order valence-electron chi connectivity index (χ0n) is 23.4. The van der Waals surface area contributed by atoms with Crippen molar-refractivity contribution in [3.8, 4) is 0 Å². The summed E-state index contributed by atoms with van der Waals surface area (Å²) in [6.45, 7) is 2.55. The number of rotatable bonds is 13. The van der Waals surface area contributed by atoms with Gasteiger partial charge in [-0.05, 0) is 52.9 Å². The predicted octanol–water partition coefficient (Wildman–Crippen LogP) is 5.66. The zero-order chi connectivity index (χ0) is 30.0. The standard InChI is InChI=1S/C33H34ClN3O4S/c1-2-36-42(40,41)30-20-15-25(16-21-30)17-22-31(38)37(24-27-13-18-29(34)19-14-27)32(28-11-7-4-8-12-28)33(39)35-23-26-9-5-3-6-10-26/h3-16,18-21,32,36H,2,17,22-24H2,1H3,(H,35,39)/t32-/m0/s1. The number of sulfonamides is 1. The number of carbonyl (C=O) groups is 2. The second kappa shape index (κ2) is 14.8. The molecule has 0 aliphatic carbocycles. The van der Waals surface area contributed by atoms with Gasteiger partial charge in [0.2, 0.25) is 21.8 Å². The van der Waals surface area contributed by atoms with Crippen molar-refractivity contribution in [1.29, 1.82) is 0 Å². The first-order chi connectivity index (χ1) is 20.3. The van der Waals surface area contributed by atoms with Crippen molar-refractivity contribution in [1.82, 2.24) is 14.9 Å². The Hall–Kier alpha value is -3.98. The van der Waals surface area contributed by atoms with Crippen molar-refractivity contribution in [2.24, 2.45) is 0 Å². The zero-order valence-corrected chi connectivity index (χ0v) is 24.9. The van der Waals surface area contributed by atoms with Gasteiger partial charge in [0.15, 0.2) is 0 Å². The van der Waals surface area contributed by atoms with Gasteiger partial charge in [0.05, 0.1) is 4.90 Å². The van der Waals surface area contributed by atoms with Crippen molar-refractivity contribution >= 4 is 33.4 Å². The summed E-state index contributed by atoms with van der Waals surface area (Å²) in [6.07, 6.45) is 0.507. The molecule has 4 aromatic carbocycles. The third kappa shape index (κ3) is 8.52. The first kappa shape index (κ1) is 31.0. The van der Waals surface area contributed by atoms with Crippen LogP contribution in [0, 0.1) is 0 Å². The van der Waals surface area contributed by atoms with Gasteiger partial charge in [-0.3, -0.25) is 9.59 Å². The summed E-state index contributed by atoms with van der Waals surface area (Å²) in [5.41, 5.74) is 3.30. The van der Waals surface area contributed by atoms with Crippen LogP contribution in [-0.4, -0.2) is 31.7 Å². The molecular weight excluding hydrogens is 570 g/mol. The van der Waals surface area contributed by atoms with Gasteiger partial charge < -0.3 is 10.2 Å². The largest absolute Gasteiger partial charge is 0.350 e. The average Bonchev–Trinajstić information content (AvgIpc) is 3.01. The SMILES string of the molecule is CCNS(=O)(=O)c1ccc(CCC(=O)N(Cc2ccc(Cl)cc2)[C@H](C(=O)NCc2ccccc2)c2ccccc2)cc1. The third-order valence-electron chi connectivity index (χ3n) is 6.77. The molecule has 0 unspecified atom stereocenters. The van der Waals surface area contributed by atoms with E-state index in [0.717, 1.165) is 16.7 Å². The van der Waals surface area contributed by atoms with Gasteiger partial charge in [0.1, 0.15) is 6.04 Å². The lowest BCUT2D eigenvalue weighted by Crippen LogP contribution is -2.43. The molecule has 1 atom stereocenters. The fourth-order valence-electron chi connectivity index (χ4n) is 4.60. The highest BCUT2D eigenvalue weighted by molar-refractivity contribution is 7.89. The van der Waals surface area contributed by atoms with E-state index in [0.29, 0.717) is 30.1 Å². The van der Waals surface area contributed by atoms with Crippen molar-refractivity contribution in [2.45, 2.75) is 43.8 Å². The van der Waals surface area contributed by atoms with E-state index < -0.39 is 16.1 Å². The Kier molecular flexibility index (Phi) is 10.9. The van der Waals surface area contributed by atoms with E-state index in [1.54, 1.807) is 36.1 Å². The molecule has 0 radical (unpaired) electrons. The first-order valence-electron chi connectivity index (χ1n) is 13.8. The van der Waals surface area contributed by atoms with Gasteiger partial charge in [-0.2, -0.15) is 0 Å². The summed E-state index contributed by atoms with van der Waals surface area (Å²) < 4.78 is 27.1. The second-order valence-electron chi connectivity index (χ2n) is 9.81. The van der Waals surface area contributed by atoms with Crippen molar-refractivity contribution in [3.63, 3.8) is 0 Å². The van der Waals surface area contributed by atoms with E-state index in [1.165, 1.54) is 12.1 Å². The number of hydrogen-bond acceptors (Lipinski definition) is 4. The molecule has 7 nitrogen and oxygen atoms in total. The van der Waals surface area contributed by atoms with Crippen LogP contribution in [0.1, 0.15) is 41.6 Å². The summed E-state index contributed by atoms with van der Waals surface area (Å²) in [5.74, 6) is -0.497. The molecular formula is C33H34ClN3O4S. The highest BCUT2D eigenvalue weighted by Crippen LogP contribution is 2.26. The molecule has 42 heavy (non-hydrogen) atoms. The number of halogens is 1. The molecule has 4 rings (SSSR count). The van der Waals surface area contributed by atoms with Crippen LogP contribution in [0.2, 0.25) is 5.02 Å².